The van der Waals surface area contributed by atoms with Gasteiger partial charge in [0.2, 0.25) is 0 Å². The molecule has 184 valence electrons. The molecule has 0 bridgehead atoms. The number of benzene rings is 4. The molecule has 5 nitrogen and oxygen atoms in total. The van der Waals surface area contributed by atoms with Crippen molar-refractivity contribution in [2.45, 2.75) is 39.5 Å². The zero-order valence-corrected chi connectivity index (χ0v) is 22.0. The first-order chi connectivity index (χ1) is 17.1. The number of carbonyl (C=O) groups is 1. The smallest absolute Gasteiger partial charge is 0.262 e. The minimum absolute atomic E-state index is 0.121. The molecule has 4 rings (SSSR count). The first-order valence-electron chi connectivity index (χ1n) is 11.7. The van der Waals surface area contributed by atoms with E-state index in [0.717, 1.165) is 22.3 Å². The molecule has 0 atom stereocenters. The minimum Gasteiger partial charge on any atom is -0.321 e. The normalized spacial score (nSPS) is 11.2. The second-order valence-corrected chi connectivity index (χ2v) is 10.7. The van der Waals surface area contributed by atoms with Crippen molar-refractivity contribution in [1.82, 2.24) is 0 Å². The van der Waals surface area contributed by atoms with E-state index in [1.807, 2.05) is 87.5 Å². The second-order valence-electron chi connectivity index (χ2n) is 9.13. The molecule has 0 fully saturated rings. The van der Waals surface area contributed by atoms with Gasteiger partial charge in [-0.25, -0.2) is 8.42 Å². The van der Waals surface area contributed by atoms with Crippen LogP contribution in [0.15, 0.2) is 83.8 Å². The number of sulfonamides is 1. The zero-order valence-electron chi connectivity index (χ0n) is 21.1. The molecule has 0 unspecified atom stereocenters. The zero-order chi connectivity index (χ0) is 26.0. The van der Waals surface area contributed by atoms with Gasteiger partial charge in [-0.15, -0.1) is 0 Å². The van der Waals surface area contributed by atoms with Gasteiger partial charge in [0, 0.05) is 16.8 Å². The summed E-state index contributed by atoms with van der Waals surface area (Å²) in [5, 5.41) is 3.02. The summed E-state index contributed by atoms with van der Waals surface area (Å²) in [5.41, 5.74) is 6.89. The van der Waals surface area contributed by atoms with E-state index in [2.05, 4.69) is 10.0 Å². The first kappa shape index (κ1) is 25.2. The van der Waals surface area contributed by atoms with Crippen molar-refractivity contribution < 1.29 is 13.2 Å². The Morgan fingerprint density at radius 2 is 1.36 bits per heavy atom. The predicted octanol–water partition coefficient (Wildman–Crippen LogP) is 6.95. The van der Waals surface area contributed by atoms with Crippen LogP contribution in [0.1, 0.15) is 38.2 Å². The summed E-state index contributed by atoms with van der Waals surface area (Å²) in [5.74, 6) is -0.350. The van der Waals surface area contributed by atoms with E-state index >= 15 is 0 Å². The lowest BCUT2D eigenvalue weighted by Crippen LogP contribution is -2.21. The number of carbonyl (C=O) groups excluding carboxylic acids is 1. The Balaban J connectivity index is 1.74. The van der Waals surface area contributed by atoms with E-state index in [9.17, 15) is 13.2 Å². The number of anilines is 2. The molecule has 0 aliphatic rings. The number of para-hydroxylation sites is 1. The van der Waals surface area contributed by atoms with Crippen molar-refractivity contribution in [3.05, 3.63) is 112 Å². The number of amides is 1. The third kappa shape index (κ3) is 5.04. The summed E-state index contributed by atoms with van der Waals surface area (Å²) in [6.07, 6.45) is 0. The molecule has 0 saturated carbocycles. The van der Waals surface area contributed by atoms with Crippen LogP contribution in [0, 0.1) is 34.6 Å². The van der Waals surface area contributed by atoms with E-state index in [1.165, 1.54) is 0 Å². The molecule has 36 heavy (non-hydrogen) atoms. The molecular weight excluding hydrogens is 468 g/mol. The first-order valence-corrected chi connectivity index (χ1v) is 13.2. The maximum Gasteiger partial charge on any atom is 0.262 e. The Morgan fingerprint density at radius 3 is 2.08 bits per heavy atom. The molecule has 0 spiro atoms. The van der Waals surface area contributed by atoms with Crippen molar-refractivity contribution in [2.75, 3.05) is 10.0 Å². The molecule has 4 aromatic carbocycles. The molecule has 0 aliphatic heterocycles. The highest BCUT2D eigenvalue weighted by Crippen LogP contribution is 2.32. The van der Waals surface area contributed by atoms with E-state index in [0.29, 0.717) is 33.6 Å². The maximum atomic E-state index is 13.6. The molecule has 6 heteroatoms. The van der Waals surface area contributed by atoms with Crippen LogP contribution in [-0.4, -0.2) is 14.3 Å². The summed E-state index contributed by atoms with van der Waals surface area (Å²) in [7, 11) is -3.94. The van der Waals surface area contributed by atoms with Gasteiger partial charge in [0.15, 0.2) is 0 Å². The molecule has 4 aromatic rings. The van der Waals surface area contributed by atoms with Crippen LogP contribution in [0.25, 0.3) is 11.1 Å². The summed E-state index contributed by atoms with van der Waals surface area (Å²) in [6.45, 7) is 9.04. The number of rotatable bonds is 6. The van der Waals surface area contributed by atoms with Crippen molar-refractivity contribution in [3.8, 4) is 11.1 Å². The fraction of sp³-hybridized carbons (Fsp3) is 0.167. The fourth-order valence-corrected chi connectivity index (χ4v) is 6.22. The molecule has 0 heterocycles. The van der Waals surface area contributed by atoms with Gasteiger partial charge in [0.05, 0.1) is 10.6 Å². The summed E-state index contributed by atoms with van der Waals surface area (Å²) >= 11 is 0. The highest BCUT2D eigenvalue weighted by molar-refractivity contribution is 7.92. The van der Waals surface area contributed by atoms with Gasteiger partial charge in [0.25, 0.3) is 15.9 Å². The van der Waals surface area contributed by atoms with Crippen LogP contribution in [-0.2, 0) is 10.0 Å². The Kier molecular flexibility index (Phi) is 7.00. The average Bonchev–Trinajstić information content (AvgIpc) is 2.81. The van der Waals surface area contributed by atoms with Gasteiger partial charge in [-0.05, 0) is 80.1 Å². The summed E-state index contributed by atoms with van der Waals surface area (Å²) in [4.78, 5) is 13.7. The van der Waals surface area contributed by atoms with E-state index in [-0.39, 0.29) is 10.8 Å². The average molecular weight is 499 g/mol. The van der Waals surface area contributed by atoms with Crippen LogP contribution in [0.2, 0.25) is 0 Å². The third-order valence-corrected chi connectivity index (χ3v) is 7.95. The fourth-order valence-electron chi connectivity index (χ4n) is 4.62. The van der Waals surface area contributed by atoms with Gasteiger partial charge >= 0.3 is 0 Å². The molecule has 0 aliphatic carbocycles. The number of nitrogens with one attached hydrogen (secondary N) is 2. The Morgan fingerprint density at radius 1 is 0.694 bits per heavy atom. The Hall–Kier alpha value is -3.90. The highest BCUT2D eigenvalue weighted by atomic mass is 32.2. The van der Waals surface area contributed by atoms with Crippen LogP contribution < -0.4 is 10.0 Å². The topological polar surface area (TPSA) is 75.3 Å². The maximum absolute atomic E-state index is 13.6. The lowest BCUT2D eigenvalue weighted by molar-refractivity contribution is 0.102. The summed E-state index contributed by atoms with van der Waals surface area (Å²) < 4.78 is 29.8. The number of hydrogen-bond donors (Lipinski definition) is 2. The predicted molar refractivity (Wildman–Crippen MR) is 147 cm³/mol. The standard InChI is InChI=1S/C30H30N2O3S/c1-19-15-16-20(2)27(17-19)32-36(34,35)29-22(4)18-21(3)28(23(29)5)30(33)31-26-14-10-9-13-25(26)24-11-7-6-8-12-24/h6-18,32H,1-5H3,(H,31,33). The van der Waals surface area contributed by atoms with Gasteiger partial charge < -0.3 is 5.32 Å². The van der Waals surface area contributed by atoms with Crippen molar-refractivity contribution in [3.63, 3.8) is 0 Å². The van der Waals surface area contributed by atoms with Gasteiger partial charge in [-0.2, -0.15) is 0 Å². The summed E-state index contributed by atoms with van der Waals surface area (Å²) in [6, 6.07) is 24.8. The SMILES string of the molecule is Cc1ccc(C)c(NS(=O)(=O)c2c(C)cc(C)c(C(=O)Nc3ccccc3-c3ccccc3)c2C)c1. The van der Waals surface area contributed by atoms with Crippen LogP contribution >= 0.6 is 0 Å². The van der Waals surface area contributed by atoms with Crippen molar-refractivity contribution in [2.24, 2.45) is 0 Å². The second kappa shape index (κ2) is 9.99. The van der Waals surface area contributed by atoms with E-state index < -0.39 is 10.0 Å². The third-order valence-electron chi connectivity index (χ3n) is 6.29. The van der Waals surface area contributed by atoms with E-state index in [1.54, 1.807) is 26.0 Å². The molecular formula is C30H30N2O3S. The molecule has 0 saturated heterocycles. The number of hydrogen-bond acceptors (Lipinski definition) is 3. The van der Waals surface area contributed by atoms with Crippen LogP contribution in [0.3, 0.4) is 0 Å². The van der Waals surface area contributed by atoms with Crippen LogP contribution in [0.4, 0.5) is 11.4 Å². The minimum atomic E-state index is -3.94. The molecule has 1 amide bonds. The highest BCUT2D eigenvalue weighted by Gasteiger charge is 2.26. The molecule has 0 radical (unpaired) electrons. The quantitative estimate of drug-likeness (QED) is 0.302. The van der Waals surface area contributed by atoms with Crippen LogP contribution in [0.5, 0.6) is 0 Å². The molecule has 0 aromatic heterocycles. The van der Waals surface area contributed by atoms with Crippen molar-refractivity contribution >= 4 is 27.3 Å². The van der Waals surface area contributed by atoms with Crippen molar-refractivity contribution in [1.29, 1.82) is 0 Å². The van der Waals surface area contributed by atoms with Gasteiger partial charge in [-0.1, -0.05) is 66.7 Å². The van der Waals surface area contributed by atoms with E-state index in [4.69, 9.17) is 0 Å². The lowest BCUT2D eigenvalue weighted by atomic mass is 9.98. The molecule has 2 N–H and O–H groups in total. The number of aryl methyl sites for hydroxylation is 4. The Labute approximate surface area is 213 Å². The Bertz CT molecular complexity index is 1560. The monoisotopic (exact) mass is 498 g/mol. The largest absolute Gasteiger partial charge is 0.321 e. The lowest BCUT2D eigenvalue weighted by Gasteiger charge is -2.19. The van der Waals surface area contributed by atoms with Gasteiger partial charge in [-0.3, -0.25) is 9.52 Å². The van der Waals surface area contributed by atoms with Gasteiger partial charge in [0.1, 0.15) is 0 Å².